The van der Waals surface area contributed by atoms with Crippen LogP contribution in [0.2, 0.25) is 5.02 Å². The minimum Gasteiger partial charge on any atom is -0.217 e. The first-order valence-corrected chi connectivity index (χ1v) is 7.70. The van der Waals surface area contributed by atoms with Crippen LogP contribution in [-0.4, -0.2) is 0 Å². The van der Waals surface area contributed by atoms with E-state index in [2.05, 4.69) is 65.8 Å². The topological polar surface area (TPSA) is 11.3 Å². The maximum Gasteiger partial charge on any atom is 0.335 e. The molecule has 0 atom stereocenters. The zero-order chi connectivity index (χ0) is 15.8. The summed E-state index contributed by atoms with van der Waals surface area (Å²) >= 11 is 5.99. The molecule has 0 aliphatic carbocycles. The van der Waals surface area contributed by atoms with E-state index >= 15 is 0 Å². The molecular formula is C19H24ClO+. The average molecular weight is 304 g/mol. The highest BCUT2D eigenvalue weighted by Gasteiger charge is 2.33. The lowest BCUT2D eigenvalue weighted by molar-refractivity contribution is 0.329. The second-order valence-corrected chi connectivity index (χ2v) is 8.02. The highest BCUT2D eigenvalue weighted by Crippen LogP contribution is 2.34. The smallest absolute Gasteiger partial charge is 0.217 e. The Balaban J connectivity index is 2.63. The van der Waals surface area contributed by atoms with Gasteiger partial charge in [0.05, 0.1) is 10.8 Å². The molecule has 0 spiro atoms. The van der Waals surface area contributed by atoms with Crippen LogP contribution in [0.5, 0.6) is 0 Å². The fourth-order valence-electron chi connectivity index (χ4n) is 2.05. The van der Waals surface area contributed by atoms with Crippen LogP contribution in [0.3, 0.4) is 0 Å². The first-order chi connectivity index (χ1) is 9.57. The van der Waals surface area contributed by atoms with Crippen molar-refractivity contribution in [2.75, 3.05) is 0 Å². The van der Waals surface area contributed by atoms with E-state index in [1.807, 2.05) is 12.1 Å². The molecule has 112 valence electrons. The molecule has 0 unspecified atom stereocenters. The van der Waals surface area contributed by atoms with Gasteiger partial charge in [-0.05, 0) is 64.8 Å². The van der Waals surface area contributed by atoms with Gasteiger partial charge in [0, 0.05) is 17.2 Å². The zero-order valence-corrected chi connectivity index (χ0v) is 14.5. The molecular weight excluding hydrogens is 280 g/mol. The van der Waals surface area contributed by atoms with Gasteiger partial charge >= 0.3 is 11.5 Å². The Hall–Kier alpha value is -1.34. The van der Waals surface area contributed by atoms with E-state index in [-0.39, 0.29) is 10.8 Å². The van der Waals surface area contributed by atoms with Gasteiger partial charge < -0.3 is 0 Å². The van der Waals surface area contributed by atoms with E-state index in [0.29, 0.717) is 0 Å². The summed E-state index contributed by atoms with van der Waals surface area (Å²) in [5.74, 6) is 2.00. The molecule has 1 nitrogen and oxygen atoms in total. The first-order valence-electron chi connectivity index (χ1n) is 7.32. The molecule has 1 aromatic heterocycles. The van der Waals surface area contributed by atoms with Gasteiger partial charge in [-0.3, -0.25) is 0 Å². The summed E-state index contributed by atoms with van der Waals surface area (Å²) in [7, 11) is 0. The minimum atomic E-state index is -0.0254. The van der Waals surface area contributed by atoms with Crippen molar-refractivity contribution in [1.29, 1.82) is 0 Å². The van der Waals surface area contributed by atoms with Gasteiger partial charge in [-0.25, -0.2) is 4.42 Å². The third kappa shape index (κ3) is 3.85. The van der Waals surface area contributed by atoms with Gasteiger partial charge in [0.15, 0.2) is 0 Å². The van der Waals surface area contributed by atoms with Crippen molar-refractivity contribution in [3.05, 3.63) is 52.9 Å². The van der Waals surface area contributed by atoms with Crippen LogP contribution >= 0.6 is 11.6 Å². The molecule has 2 aromatic rings. The molecule has 0 N–H and O–H groups in total. The number of halogens is 1. The summed E-state index contributed by atoms with van der Waals surface area (Å²) in [6.45, 7) is 13.0. The molecule has 2 heteroatoms. The molecule has 0 bridgehead atoms. The molecule has 0 saturated carbocycles. The van der Waals surface area contributed by atoms with Crippen LogP contribution in [-0.2, 0) is 10.8 Å². The van der Waals surface area contributed by atoms with E-state index < -0.39 is 0 Å². The largest absolute Gasteiger partial charge is 0.335 e. The summed E-state index contributed by atoms with van der Waals surface area (Å²) in [5, 5.41) is 0.756. The van der Waals surface area contributed by atoms with Crippen LogP contribution in [0.15, 0.2) is 40.8 Å². The Morgan fingerprint density at radius 2 is 1.14 bits per heavy atom. The van der Waals surface area contributed by atoms with Crippen molar-refractivity contribution in [2.24, 2.45) is 0 Å². The van der Waals surface area contributed by atoms with Crippen molar-refractivity contribution in [3.63, 3.8) is 0 Å². The lowest BCUT2D eigenvalue weighted by Gasteiger charge is -2.15. The summed E-state index contributed by atoms with van der Waals surface area (Å²) in [5.41, 5.74) is 2.28. The lowest BCUT2D eigenvalue weighted by Crippen LogP contribution is -2.16. The van der Waals surface area contributed by atoms with Crippen LogP contribution in [0.25, 0.3) is 11.1 Å². The fraction of sp³-hybridized carbons (Fsp3) is 0.421. The predicted octanol–water partition coefficient (Wildman–Crippen LogP) is 6.48. The van der Waals surface area contributed by atoms with Crippen LogP contribution in [0.4, 0.5) is 0 Å². The van der Waals surface area contributed by atoms with Crippen molar-refractivity contribution >= 4 is 11.6 Å². The van der Waals surface area contributed by atoms with Crippen LogP contribution < -0.4 is 0 Å². The molecule has 1 heterocycles. The van der Waals surface area contributed by atoms with Gasteiger partial charge in [-0.15, -0.1) is 0 Å². The van der Waals surface area contributed by atoms with Crippen LogP contribution in [0, 0.1) is 0 Å². The molecule has 21 heavy (non-hydrogen) atoms. The lowest BCUT2D eigenvalue weighted by atomic mass is 9.87. The maximum absolute atomic E-state index is 6.17. The third-order valence-corrected chi connectivity index (χ3v) is 3.70. The Bertz CT molecular complexity index is 596. The molecule has 2 rings (SSSR count). The average Bonchev–Trinajstić information content (AvgIpc) is 2.37. The molecule has 0 aliphatic rings. The van der Waals surface area contributed by atoms with E-state index in [1.165, 1.54) is 5.56 Å². The summed E-state index contributed by atoms with van der Waals surface area (Å²) < 4.78 is 6.17. The van der Waals surface area contributed by atoms with E-state index in [4.69, 9.17) is 16.0 Å². The normalized spacial score (nSPS) is 12.5. The SMILES string of the molecule is CC(C)(C)c1cc(-c2ccc(Cl)cc2)cc(C(C)(C)C)[o+]1. The van der Waals surface area contributed by atoms with Crippen molar-refractivity contribution in [2.45, 2.75) is 52.4 Å². The van der Waals surface area contributed by atoms with Gasteiger partial charge in [0.25, 0.3) is 0 Å². The second kappa shape index (κ2) is 5.46. The highest BCUT2D eigenvalue weighted by atomic mass is 35.5. The summed E-state index contributed by atoms with van der Waals surface area (Å²) in [6.07, 6.45) is 0. The number of rotatable bonds is 1. The Kier molecular flexibility index (Phi) is 4.17. The molecule has 0 amide bonds. The Morgan fingerprint density at radius 3 is 1.52 bits per heavy atom. The minimum absolute atomic E-state index is 0.0254. The fourth-order valence-corrected chi connectivity index (χ4v) is 2.18. The zero-order valence-electron chi connectivity index (χ0n) is 13.8. The molecule has 0 fully saturated rings. The third-order valence-electron chi connectivity index (χ3n) is 3.45. The summed E-state index contributed by atoms with van der Waals surface area (Å²) in [6, 6.07) is 12.2. The monoisotopic (exact) mass is 303 g/mol. The molecule has 0 saturated heterocycles. The van der Waals surface area contributed by atoms with Crippen molar-refractivity contribution in [3.8, 4) is 11.1 Å². The van der Waals surface area contributed by atoms with Gasteiger partial charge in [0.2, 0.25) is 0 Å². The molecule has 0 aliphatic heterocycles. The standard InChI is InChI=1S/C19H24ClO/c1-18(2,3)16-11-14(12-17(21-16)19(4,5)6)13-7-9-15(20)10-8-13/h7-12H,1-6H3/q+1. The quantitative estimate of drug-likeness (QED) is 0.549. The van der Waals surface area contributed by atoms with Gasteiger partial charge in [0.1, 0.15) is 0 Å². The Morgan fingerprint density at radius 1 is 0.714 bits per heavy atom. The van der Waals surface area contributed by atoms with Crippen molar-refractivity contribution < 1.29 is 4.42 Å². The number of hydrogen-bond donors (Lipinski definition) is 0. The highest BCUT2D eigenvalue weighted by molar-refractivity contribution is 6.30. The van der Waals surface area contributed by atoms with E-state index in [1.54, 1.807) is 0 Å². The number of hydrogen-bond acceptors (Lipinski definition) is 0. The van der Waals surface area contributed by atoms with Crippen LogP contribution in [0.1, 0.15) is 53.1 Å². The molecule has 0 radical (unpaired) electrons. The van der Waals surface area contributed by atoms with Crippen molar-refractivity contribution in [1.82, 2.24) is 0 Å². The maximum atomic E-state index is 6.17. The first kappa shape index (κ1) is 16.0. The summed E-state index contributed by atoms with van der Waals surface area (Å²) in [4.78, 5) is 0. The van der Waals surface area contributed by atoms with E-state index in [0.717, 1.165) is 22.1 Å². The van der Waals surface area contributed by atoms with E-state index in [9.17, 15) is 0 Å². The second-order valence-electron chi connectivity index (χ2n) is 7.58. The predicted molar refractivity (Wildman–Crippen MR) is 91.0 cm³/mol. The van der Waals surface area contributed by atoms with Gasteiger partial charge in [-0.2, -0.15) is 0 Å². The number of benzene rings is 1. The Labute approximate surface area is 133 Å². The molecule has 1 aromatic carbocycles. The van der Waals surface area contributed by atoms with Gasteiger partial charge in [-0.1, -0.05) is 23.7 Å².